The van der Waals surface area contributed by atoms with Crippen LogP contribution in [0.15, 0.2) is 6.07 Å². The van der Waals surface area contributed by atoms with E-state index in [0.717, 1.165) is 24.0 Å². The van der Waals surface area contributed by atoms with Crippen molar-refractivity contribution < 1.29 is 0 Å². The highest BCUT2D eigenvalue weighted by Crippen LogP contribution is 2.32. The summed E-state index contributed by atoms with van der Waals surface area (Å²) < 4.78 is 0. The summed E-state index contributed by atoms with van der Waals surface area (Å²) >= 11 is 0. The van der Waals surface area contributed by atoms with E-state index >= 15 is 0 Å². The smallest absolute Gasteiger partial charge is 0.132 e. The van der Waals surface area contributed by atoms with Gasteiger partial charge in [0.15, 0.2) is 0 Å². The predicted octanol–water partition coefficient (Wildman–Crippen LogP) is 3.25. The van der Waals surface area contributed by atoms with Gasteiger partial charge in [-0.15, -0.1) is 0 Å². The maximum atomic E-state index is 5.84. The van der Waals surface area contributed by atoms with Crippen molar-refractivity contribution in [2.45, 2.75) is 58.9 Å². The summed E-state index contributed by atoms with van der Waals surface area (Å²) in [6, 6.07) is 2.37. The molecule has 0 amide bonds. The number of nitrogen functional groups attached to an aromatic ring is 1. The maximum Gasteiger partial charge on any atom is 0.132 e. The minimum atomic E-state index is 0.521. The first kappa shape index (κ1) is 14.1. The Morgan fingerprint density at radius 3 is 2.74 bits per heavy atom. The molecule has 106 valence electrons. The van der Waals surface area contributed by atoms with E-state index in [1.54, 1.807) is 0 Å². The number of anilines is 2. The quantitative estimate of drug-likeness (QED) is 0.874. The average molecular weight is 262 g/mol. The number of nitrogens with two attached hydrogens (primary N) is 1. The number of hydrogen-bond donors (Lipinski definition) is 2. The lowest BCUT2D eigenvalue weighted by atomic mass is 9.78. The van der Waals surface area contributed by atoms with Crippen molar-refractivity contribution in [3.05, 3.63) is 11.9 Å². The van der Waals surface area contributed by atoms with Gasteiger partial charge in [0.1, 0.15) is 17.5 Å². The Morgan fingerprint density at radius 1 is 1.32 bits per heavy atom. The fourth-order valence-electron chi connectivity index (χ4n) is 3.08. The Bertz CT molecular complexity index is 417. The predicted molar refractivity (Wildman–Crippen MR) is 80.0 cm³/mol. The zero-order valence-electron chi connectivity index (χ0n) is 12.3. The SMILES string of the molecule is CCc1nc(N)cc(NC2CCCCC2C(C)C)n1. The van der Waals surface area contributed by atoms with Gasteiger partial charge in [-0.25, -0.2) is 9.97 Å². The number of nitrogens with zero attached hydrogens (tertiary/aromatic N) is 2. The number of aromatic nitrogens is 2. The van der Waals surface area contributed by atoms with Crippen molar-refractivity contribution in [3.63, 3.8) is 0 Å². The molecule has 0 spiro atoms. The normalized spacial score (nSPS) is 23.6. The van der Waals surface area contributed by atoms with Crippen LogP contribution in [-0.4, -0.2) is 16.0 Å². The molecule has 1 aliphatic carbocycles. The number of aryl methyl sites for hydroxylation is 1. The van der Waals surface area contributed by atoms with Gasteiger partial charge in [0, 0.05) is 18.5 Å². The summed E-state index contributed by atoms with van der Waals surface area (Å²) in [6.07, 6.45) is 6.03. The highest BCUT2D eigenvalue weighted by Gasteiger charge is 2.27. The van der Waals surface area contributed by atoms with Crippen molar-refractivity contribution in [3.8, 4) is 0 Å². The minimum absolute atomic E-state index is 0.521. The molecular formula is C15H26N4. The fraction of sp³-hybridized carbons (Fsp3) is 0.733. The van der Waals surface area contributed by atoms with Gasteiger partial charge in [0.05, 0.1) is 0 Å². The van der Waals surface area contributed by atoms with Gasteiger partial charge < -0.3 is 11.1 Å². The van der Waals surface area contributed by atoms with Crippen molar-refractivity contribution in [2.24, 2.45) is 11.8 Å². The van der Waals surface area contributed by atoms with Crippen LogP contribution < -0.4 is 11.1 Å². The highest BCUT2D eigenvalue weighted by molar-refractivity contribution is 5.45. The van der Waals surface area contributed by atoms with Gasteiger partial charge in [-0.2, -0.15) is 0 Å². The summed E-state index contributed by atoms with van der Waals surface area (Å²) in [5.74, 6) is 3.71. The van der Waals surface area contributed by atoms with Crippen molar-refractivity contribution in [1.29, 1.82) is 0 Å². The third-order valence-electron chi connectivity index (χ3n) is 4.12. The second kappa shape index (κ2) is 6.22. The highest BCUT2D eigenvalue weighted by atomic mass is 15.1. The van der Waals surface area contributed by atoms with Crippen molar-refractivity contribution >= 4 is 11.6 Å². The first-order chi connectivity index (χ1) is 9.10. The molecule has 1 fully saturated rings. The van der Waals surface area contributed by atoms with Gasteiger partial charge in [-0.3, -0.25) is 0 Å². The molecular weight excluding hydrogens is 236 g/mol. The number of hydrogen-bond acceptors (Lipinski definition) is 4. The molecule has 4 heteroatoms. The molecule has 19 heavy (non-hydrogen) atoms. The monoisotopic (exact) mass is 262 g/mol. The van der Waals surface area contributed by atoms with E-state index in [9.17, 15) is 0 Å². The molecule has 1 aromatic heterocycles. The lowest BCUT2D eigenvalue weighted by Crippen LogP contribution is -2.35. The molecule has 0 aliphatic heterocycles. The number of nitrogens with one attached hydrogen (secondary N) is 1. The first-order valence-electron chi connectivity index (χ1n) is 7.50. The maximum absolute atomic E-state index is 5.84. The molecule has 1 heterocycles. The van der Waals surface area contributed by atoms with Crippen LogP contribution in [0.5, 0.6) is 0 Å². The van der Waals surface area contributed by atoms with E-state index in [1.165, 1.54) is 25.7 Å². The molecule has 3 N–H and O–H groups in total. The zero-order chi connectivity index (χ0) is 13.8. The van der Waals surface area contributed by atoms with Gasteiger partial charge in [0.25, 0.3) is 0 Å². The van der Waals surface area contributed by atoms with Gasteiger partial charge >= 0.3 is 0 Å². The summed E-state index contributed by atoms with van der Waals surface area (Å²) in [7, 11) is 0. The molecule has 0 saturated heterocycles. The van der Waals surface area contributed by atoms with Gasteiger partial charge in [-0.1, -0.05) is 33.6 Å². The van der Waals surface area contributed by atoms with Crippen LogP contribution in [0.2, 0.25) is 0 Å². The fourth-order valence-corrected chi connectivity index (χ4v) is 3.08. The van der Waals surface area contributed by atoms with E-state index in [4.69, 9.17) is 5.73 Å². The van der Waals surface area contributed by atoms with Crippen molar-refractivity contribution in [1.82, 2.24) is 9.97 Å². The summed E-state index contributed by atoms with van der Waals surface area (Å²) in [6.45, 7) is 6.68. The Labute approximate surface area is 116 Å². The van der Waals surface area contributed by atoms with E-state index in [0.29, 0.717) is 17.8 Å². The molecule has 0 bridgehead atoms. The van der Waals surface area contributed by atoms with Crippen LogP contribution in [0, 0.1) is 11.8 Å². The lowest BCUT2D eigenvalue weighted by Gasteiger charge is -2.35. The molecule has 2 unspecified atom stereocenters. The van der Waals surface area contributed by atoms with Crippen LogP contribution in [0.4, 0.5) is 11.6 Å². The van der Waals surface area contributed by atoms with Gasteiger partial charge in [0.2, 0.25) is 0 Å². The van der Waals surface area contributed by atoms with Crippen molar-refractivity contribution in [2.75, 3.05) is 11.1 Å². The zero-order valence-corrected chi connectivity index (χ0v) is 12.3. The Balaban J connectivity index is 2.12. The van der Waals surface area contributed by atoms with E-state index in [1.807, 2.05) is 6.07 Å². The largest absolute Gasteiger partial charge is 0.384 e. The van der Waals surface area contributed by atoms with Crippen LogP contribution in [0.1, 0.15) is 52.3 Å². The standard InChI is InChI=1S/C15H26N4/c1-4-14-18-13(16)9-15(19-14)17-12-8-6-5-7-11(12)10(2)3/h9-12H,4-8H2,1-3H3,(H3,16,17,18,19). The molecule has 1 aromatic rings. The van der Waals surface area contributed by atoms with Crippen LogP contribution >= 0.6 is 0 Å². The number of rotatable bonds is 4. The topological polar surface area (TPSA) is 63.8 Å². The minimum Gasteiger partial charge on any atom is -0.384 e. The lowest BCUT2D eigenvalue weighted by molar-refractivity contribution is 0.253. The molecule has 0 aromatic carbocycles. The first-order valence-corrected chi connectivity index (χ1v) is 7.50. The van der Waals surface area contributed by atoms with Crippen LogP contribution in [0.3, 0.4) is 0 Å². The van der Waals surface area contributed by atoms with Crippen LogP contribution in [-0.2, 0) is 6.42 Å². The summed E-state index contributed by atoms with van der Waals surface area (Å²) in [4.78, 5) is 8.76. The molecule has 1 aliphatic rings. The third kappa shape index (κ3) is 3.58. The third-order valence-corrected chi connectivity index (χ3v) is 4.12. The van der Waals surface area contributed by atoms with Crippen LogP contribution in [0.25, 0.3) is 0 Å². The van der Waals surface area contributed by atoms with E-state index in [2.05, 4.69) is 36.1 Å². The second-order valence-corrected chi connectivity index (χ2v) is 5.89. The summed E-state index contributed by atoms with van der Waals surface area (Å²) in [5, 5.41) is 3.60. The Kier molecular flexibility index (Phi) is 4.61. The molecule has 0 radical (unpaired) electrons. The van der Waals surface area contributed by atoms with E-state index < -0.39 is 0 Å². The second-order valence-electron chi connectivity index (χ2n) is 5.89. The molecule has 2 rings (SSSR count). The summed E-state index contributed by atoms with van der Waals surface area (Å²) in [5.41, 5.74) is 5.84. The average Bonchev–Trinajstić information content (AvgIpc) is 2.38. The molecule has 4 nitrogen and oxygen atoms in total. The molecule has 2 atom stereocenters. The Morgan fingerprint density at radius 2 is 2.05 bits per heavy atom. The Hall–Kier alpha value is -1.32. The molecule has 1 saturated carbocycles. The van der Waals surface area contributed by atoms with Gasteiger partial charge in [-0.05, 0) is 24.7 Å². The van der Waals surface area contributed by atoms with E-state index in [-0.39, 0.29) is 0 Å².